The van der Waals surface area contributed by atoms with E-state index < -0.39 is 0 Å². The van der Waals surface area contributed by atoms with E-state index in [-0.39, 0.29) is 0 Å². The fraction of sp³-hybridized carbons (Fsp3) is 0.273. The van der Waals surface area contributed by atoms with Crippen molar-refractivity contribution in [2.75, 3.05) is 30.8 Å². The summed E-state index contributed by atoms with van der Waals surface area (Å²) in [6.07, 6.45) is 3.64. The minimum Gasteiger partial charge on any atom is -0.496 e. The van der Waals surface area contributed by atoms with Gasteiger partial charge in [-0.05, 0) is 37.1 Å². The van der Waals surface area contributed by atoms with E-state index in [0.717, 1.165) is 54.1 Å². The summed E-state index contributed by atoms with van der Waals surface area (Å²) < 4.78 is 5.49. The van der Waals surface area contributed by atoms with Gasteiger partial charge in [-0.25, -0.2) is 19.9 Å². The van der Waals surface area contributed by atoms with Crippen LogP contribution in [0.25, 0.3) is 22.3 Å². The number of thiazole rings is 1. The lowest BCUT2D eigenvalue weighted by molar-refractivity contribution is 0.416. The van der Waals surface area contributed by atoms with Gasteiger partial charge < -0.3 is 15.4 Å². The van der Waals surface area contributed by atoms with Crippen molar-refractivity contribution in [3.63, 3.8) is 0 Å². The second kappa shape index (κ2) is 7.87. The van der Waals surface area contributed by atoms with Gasteiger partial charge in [-0.15, -0.1) is 11.3 Å². The van der Waals surface area contributed by atoms with Crippen molar-refractivity contribution in [2.24, 2.45) is 0 Å². The first kappa shape index (κ1) is 18.7. The van der Waals surface area contributed by atoms with Crippen LogP contribution in [0.15, 0.2) is 48.1 Å². The molecule has 1 fully saturated rings. The number of aromatic nitrogens is 4. The number of pyridine rings is 1. The Morgan fingerprint density at radius 1 is 1.07 bits per heavy atom. The van der Waals surface area contributed by atoms with Crippen molar-refractivity contribution in [3.05, 3.63) is 53.1 Å². The number of ether oxygens (including phenoxy) is 1. The number of anilines is 2. The molecule has 0 radical (unpaired) electrons. The summed E-state index contributed by atoms with van der Waals surface area (Å²) in [7, 11) is 1.70. The van der Waals surface area contributed by atoms with Gasteiger partial charge >= 0.3 is 0 Å². The Bertz CT molecular complexity index is 1190. The Hall–Kier alpha value is -3.26. The Labute approximate surface area is 178 Å². The van der Waals surface area contributed by atoms with Gasteiger partial charge in [-0.2, -0.15) is 0 Å². The summed E-state index contributed by atoms with van der Waals surface area (Å²) in [5.74, 6) is 2.71. The minimum absolute atomic E-state index is 0.455. The van der Waals surface area contributed by atoms with Gasteiger partial charge in [-0.3, -0.25) is 0 Å². The summed E-state index contributed by atoms with van der Waals surface area (Å²) in [5.41, 5.74) is 8.47. The Kier molecular flexibility index (Phi) is 4.92. The molecule has 0 atom stereocenters. The zero-order valence-corrected chi connectivity index (χ0v) is 17.5. The molecule has 7 nitrogen and oxygen atoms in total. The van der Waals surface area contributed by atoms with Crippen LogP contribution in [0.2, 0.25) is 0 Å². The molecule has 1 aromatic carbocycles. The Morgan fingerprint density at radius 2 is 1.90 bits per heavy atom. The largest absolute Gasteiger partial charge is 0.496 e. The molecule has 1 aliphatic rings. The van der Waals surface area contributed by atoms with Crippen molar-refractivity contribution in [3.8, 4) is 17.0 Å². The van der Waals surface area contributed by atoms with Crippen LogP contribution in [0.5, 0.6) is 5.75 Å². The molecule has 30 heavy (non-hydrogen) atoms. The Morgan fingerprint density at radius 3 is 2.73 bits per heavy atom. The fourth-order valence-electron chi connectivity index (χ4n) is 3.99. The van der Waals surface area contributed by atoms with E-state index in [0.29, 0.717) is 17.4 Å². The molecule has 4 heterocycles. The predicted octanol–water partition coefficient (Wildman–Crippen LogP) is 4.12. The van der Waals surface area contributed by atoms with Crippen LogP contribution >= 0.6 is 11.3 Å². The van der Waals surface area contributed by atoms with Gasteiger partial charge in [0.15, 0.2) is 5.65 Å². The maximum atomic E-state index is 5.80. The lowest BCUT2D eigenvalue weighted by Crippen LogP contribution is -2.33. The predicted molar refractivity (Wildman–Crippen MR) is 120 cm³/mol. The highest BCUT2D eigenvalue weighted by Crippen LogP contribution is 2.37. The number of hydrogen-bond donors (Lipinski definition) is 1. The topological polar surface area (TPSA) is 90.0 Å². The van der Waals surface area contributed by atoms with Crippen LogP contribution < -0.4 is 15.4 Å². The number of rotatable bonds is 4. The van der Waals surface area contributed by atoms with Gasteiger partial charge in [0, 0.05) is 30.0 Å². The van der Waals surface area contributed by atoms with E-state index in [1.807, 2.05) is 24.3 Å². The van der Waals surface area contributed by atoms with Crippen molar-refractivity contribution >= 4 is 34.0 Å². The molecule has 0 bridgehead atoms. The minimum atomic E-state index is 0.455. The van der Waals surface area contributed by atoms with E-state index in [1.165, 1.54) is 5.01 Å². The van der Waals surface area contributed by atoms with Crippen LogP contribution in [0.1, 0.15) is 23.8 Å². The molecule has 3 aromatic heterocycles. The number of methoxy groups -OCH3 is 1. The van der Waals surface area contributed by atoms with Crippen molar-refractivity contribution in [1.82, 2.24) is 19.9 Å². The number of fused-ring (bicyclic) bond motifs is 1. The van der Waals surface area contributed by atoms with E-state index >= 15 is 0 Å². The van der Waals surface area contributed by atoms with Gasteiger partial charge in [0.1, 0.15) is 23.7 Å². The molecular weight excluding hydrogens is 396 g/mol. The SMILES string of the molecule is COc1ccccc1-c1csc(C2CCN(c3ncnc4nc(N)ccc34)CC2)n1. The maximum absolute atomic E-state index is 5.80. The number of nitrogens with two attached hydrogens (primary N) is 1. The molecule has 4 aromatic rings. The smallest absolute Gasteiger partial charge is 0.166 e. The van der Waals surface area contributed by atoms with Crippen molar-refractivity contribution in [2.45, 2.75) is 18.8 Å². The number of nitrogen functional groups attached to an aromatic ring is 1. The number of nitrogens with zero attached hydrogens (tertiary/aromatic N) is 5. The summed E-state index contributed by atoms with van der Waals surface area (Å²) in [5, 5.41) is 4.27. The van der Waals surface area contributed by atoms with Crippen LogP contribution in [0.3, 0.4) is 0 Å². The zero-order valence-electron chi connectivity index (χ0n) is 16.7. The molecule has 0 aliphatic carbocycles. The lowest BCUT2D eigenvalue weighted by Gasteiger charge is -2.32. The number of benzene rings is 1. The highest BCUT2D eigenvalue weighted by Gasteiger charge is 2.25. The second-order valence-electron chi connectivity index (χ2n) is 7.34. The average molecular weight is 419 g/mol. The second-order valence-corrected chi connectivity index (χ2v) is 8.23. The number of hydrogen-bond acceptors (Lipinski definition) is 8. The quantitative estimate of drug-likeness (QED) is 0.533. The van der Waals surface area contributed by atoms with Crippen LogP contribution in [-0.2, 0) is 0 Å². The molecule has 0 saturated carbocycles. The van der Waals surface area contributed by atoms with E-state index in [9.17, 15) is 0 Å². The highest BCUT2D eigenvalue weighted by atomic mass is 32.1. The maximum Gasteiger partial charge on any atom is 0.166 e. The third-order valence-electron chi connectivity index (χ3n) is 5.55. The molecule has 0 unspecified atom stereocenters. The molecule has 5 rings (SSSR count). The van der Waals surface area contributed by atoms with Gasteiger partial charge in [0.2, 0.25) is 0 Å². The van der Waals surface area contributed by atoms with Crippen molar-refractivity contribution in [1.29, 1.82) is 0 Å². The van der Waals surface area contributed by atoms with Gasteiger partial charge in [0.05, 0.1) is 23.2 Å². The lowest BCUT2D eigenvalue weighted by atomic mass is 9.97. The van der Waals surface area contributed by atoms with Crippen LogP contribution in [-0.4, -0.2) is 40.1 Å². The molecule has 0 amide bonds. The molecule has 8 heteroatoms. The van der Waals surface area contributed by atoms with Crippen LogP contribution in [0.4, 0.5) is 11.6 Å². The number of para-hydroxylation sites is 1. The molecular formula is C22H22N6OS. The highest BCUT2D eigenvalue weighted by molar-refractivity contribution is 7.10. The summed E-state index contributed by atoms with van der Waals surface area (Å²) in [4.78, 5) is 20.4. The van der Waals surface area contributed by atoms with Crippen molar-refractivity contribution < 1.29 is 4.74 Å². The molecule has 152 valence electrons. The monoisotopic (exact) mass is 418 g/mol. The van der Waals surface area contributed by atoms with Gasteiger partial charge in [-0.1, -0.05) is 12.1 Å². The van der Waals surface area contributed by atoms with E-state index in [4.69, 9.17) is 15.5 Å². The first-order chi connectivity index (χ1) is 14.7. The average Bonchev–Trinajstić information content (AvgIpc) is 3.28. The van der Waals surface area contributed by atoms with E-state index in [1.54, 1.807) is 30.8 Å². The third kappa shape index (κ3) is 3.43. The normalized spacial score (nSPS) is 14.9. The Balaban J connectivity index is 1.33. The summed E-state index contributed by atoms with van der Waals surface area (Å²) >= 11 is 1.74. The summed E-state index contributed by atoms with van der Waals surface area (Å²) in [6.45, 7) is 1.84. The summed E-state index contributed by atoms with van der Waals surface area (Å²) in [6, 6.07) is 11.8. The molecule has 2 N–H and O–H groups in total. The standard InChI is InChI=1S/C22H22N6OS/c1-29-18-5-3-2-4-15(18)17-12-30-22(26-17)14-8-10-28(11-9-14)21-16-6-7-19(23)27-20(16)24-13-25-21/h2-7,12-14H,8-11H2,1H3,(H2,23,24,25,27). The van der Waals surface area contributed by atoms with Gasteiger partial charge in [0.25, 0.3) is 0 Å². The first-order valence-electron chi connectivity index (χ1n) is 9.94. The van der Waals surface area contributed by atoms with E-state index in [2.05, 4.69) is 31.3 Å². The zero-order chi connectivity index (χ0) is 20.5. The molecule has 0 spiro atoms. The third-order valence-corrected chi connectivity index (χ3v) is 6.55. The van der Waals surface area contributed by atoms with Crippen LogP contribution in [0, 0.1) is 0 Å². The fourth-order valence-corrected chi connectivity index (χ4v) is 4.98. The first-order valence-corrected chi connectivity index (χ1v) is 10.8. The molecule has 1 aliphatic heterocycles. The number of piperidine rings is 1. The molecule has 1 saturated heterocycles.